The Morgan fingerprint density at radius 3 is 2.19 bits per heavy atom. The van der Waals surface area contributed by atoms with Gasteiger partial charge in [0.15, 0.2) is 5.75 Å². The standard InChI is InChI=1S/C26H39Cl2NO2/c1-2-3-4-5-6-7-8-19-9-11-20(12-10-19)21-13-15-22(16-14-21)26(30)31-23-17-24(27)25(28)29-18-23/h17-22H,2-16H2,1H3/t19-,20-,21-,22-. The second-order valence-electron chi connectivity index (χ2n) is 9.81. The zero-order valence-corrected chi connectivity index (χ0v) is 20.6. The van der Waals surface area contributed by atoms with Crippen LogP contribution in [0.5, 0.6) is 5.75 Å². The minimum atomic E-state index is -0.152. The van der Waals surface area contributed by atoms with Crippen LogP contribution in [0.25, 0.3) is 0 Å². The molecule has 31 heavy (non-hydrogen) atoms. The van der Waals surface area contributed by atoms with Crippen LogP contribution in [0, 0.1) is 23.7 Å². The Balaban J connectivity index is 1.32. The smallest absolute Gasteiger partial charge is 0.314 e. The molecule has 1 aromatic heterocycles. The predicted octanol–water partition coefficient (Wildman–Crippen LogP) is 8.66. The number of halogens is 2. The fraction of sp³-hybridized carbons (Fsp3) is 0.769. The first kappa shape index (κ1) is 24.8. The summed E-state index contributed by atoms with van der Waals surface area (Å²) < 4.78 is 5.51. The van der Waals surface area contributed by atoms with Crippen molar-refractivity contribution in [2.75, 3.05) is 0 Å². The maximum absolute atomic E-state index is 12.5. The van der Waals surface area contributed by atoms with Crippen LogP contribution in [-0.4, -0.2) is 11.0 Å². The summed E-state index contributed by atoms with van der Waals surface area (Å²) in [5, 5.41) is 0.534. The molecule has 2 saturated carbocycles. The summed E-state index contributed by atoms with van der Waals surface area (Å²) in [4.78, 5) is 16.5. The molecule has 0 aliphatic heterocycles. The molecule has 5 heteroatoms. The maximum atomic E-state index is 12.5. The molecular formula is C26H39Cl2NO2. The molecule has 0 N–H and O–H groups in total. The van der Waals surface area contributed by atoms with E-state index in [1.165, 1.54) is 76.8 Å². The summed E-state index contributed by atoms with van der Waals surface area (Å²) in [5.41, 5.74) is 0. The molecule has 0 bridgehead atoms. The zero-order valence-electron chi connectivity index (χ0n) is 19.1. The van der Waals surface area contributed by atoms with Gasteiger partial charge in [0.25, 0.3) is 0 Å². The average molecular weight is 469 g/mol. The molecule has 0 amide bonds. The van der Waals surface area contributed by atoms with Crippen LogP contribution in [0.15, 0.2) is 12.3 Å². The molecule has 2 aliphatic carbocycles. The molecule has 1 aromatic rings. The summed E-state index contributed by atoms with van der Waals surface area (Å²) >= 11 is 11.8. The van der Waals surface area contributed by atoms with Crippen molar-refractivity contribution in [3.8, 4) is 5.75 Å². The number of aromatic nitrogens is 1. The van der Waals surface area contributed by atoms with Crippen LogP contribution in [0.1, 0.15) is 103 Å². The van der Waals surface area contributed by atoms with Gasteiger partial charge in [-0.1, -0.05) is 87.9 Å². The number of hydrogen-bond donors (Lipinski definition) is 0. The Morgan fingerprint density at radius 1 is 0.935 bits per heavy atom. The third kappa shape index (κ3) is 7.93. The monoisotopic (exact) mass is 467 g/mol. The van der Waals surface area contributed by atoms with Gasteiger partial charge in [-0.3, -0.25) is 4.79 Å². The minimum Gasteiger partial charge on any atom is -0.425 e. The zero-order chi connectivity index (χ0) is 22.1. The van der Waals surface area contributed by atoms with E-state index in [1.54, 1.807) is 6.07 Å². The van der Waals surface area contributed by atoms with Gasteiger partial charge in [0.2, 0.25) is 0 Å². The first-order valence-corrected chi connectivity index (χ1v) is 13.3. The topological polar surface area (TPSA) is 39.2 Å². The molecule has 0 saturated heterocycles. The van der Waals surface area contributed by atoms with Crippen molar-refractivity contribution in [1.29, 1.82) is 0 Å². The lowest BCUT2D eigenvalue weighted by molar-refractivity contribution is -0.140. The molecule has 0 unspecified atom stereocenters. The van der Waals surface area contributed by atoms with Crippen LogP contribution in [0.2, 0.25) is 10.2 Å². The second-order valence-corrected chi connectivity index (χ2v) is 10.6. The van der Waals surface area contributed by atoms with E-state index in [-0.39, 0.29) is 17.0 Å². The number of esters is 1. The number of rotatable bonds is 10. The van der Waals surface area contributed by atoms with Crippen molar-refractivity contribution >= 4 is 29.2 Å². The van der Waals surface area contributed by atoms with Gasteiger partial charge in [0.1, 0.15) is 5.15 Å². The number of hydrogen-bond acceptors (Lipinski definition) is 3. The van der Waals surface area contributed by atoms with Gasteiger partial charge in [-0.05, 0) is 56.3 Å². The fourth-order valence-corrected chi connectivity index (χ4v) is 5.91. The van der Waals surface area contributed by atoms with E-state index in [2.05, 4.69) is 11.9 Å². The first-order chi connectivity index (χ1) is 15.1. The molecule has 0 radical (unpaired) electrons. The van der Waals surface area contributed by atoms with Crippen molar-refractivity contribution < 1.29 is 9.53 Å². The summed E-state index contributed by atoms with van der Waals surface area (Å²) in [5.74, 6) is 2.86. The lowest BCUT2D eigenvalue weighted by Crippen LogP contribution is -2.30. The molecule has 2 fully saturated rings. The van der Waals surface area contributed by atoms with Crippen LogP contribution in [0.3, 0.4) is 0 Å². The highest BCUT2D eigenvalue weighted by molar-refractivity contribution is 6.41. The normalized spacial score (nSPS) is 26.5. The van der Waals surface area contributed by atoms with Gasteiger partial charge in [-0.15, -0.1) is 0 Å². The molecule has 0 spiro atoms. The van der Waals surface area contributed by atoms with Gasteiger partial charge in [0, 0.05) is 6.07 Å². The highest BCUT2D eigenvalue weighted by Crippen LogP contribution is 2.42. The third-order valence-electron chi connectivity index (χ3n) is 7.62. The molecule has 174 valence electrons. The number of ether oxygens (including phenoxy) is 1. The number of pyridine rings is 1. The minimum absolute atomic E-state index is 0.00486. The van der Waals surface area contributed by atoms with Gasteiger partial charge >= 0.3 is 5.97 Å². The van der Waals surface area contributed by atoms with Crippen molar-refractivity contribution in [1.82, 2.24) is 4.98 Å². The Morgan fingerprint density at radius 2 is 1.55 bits per heavy atom. The molecular weight excluding hydrogens is 429 g/mol. The van der Waals surface area contributed by atoms with Crippen LogP contribution < -0.4 is 4.74 Å². The van der Waals surface area contributed by atoms with Crippen LogP contribution >= 0.6 is 23.2 Å². The number of unbranched alkanes of at least 4 members (excludes halogenated alkanes) is 5. The lowest BCUT2D eigenvalue weighted by atomic mass is 9.68. The highest BCUT2D eigenvalue weighted by Gasteiger charge is 2.33. The Kier molecular flexibility index (Phi) is 10.4. The van der Waals surface area contributed by atoms with E-state index in [0.717, 1.165) is 43.4 Å². The van der Waals surface area contributed by atoms with E-state index >= 15 is 0 Å². The second kappa shape index (κ2) is 13.0. The largest absolute Gasteiger partial charge is 0.425 e. The summed E-state index contributed by atoms with van der Waals surface area (Å²) in [7, 11) is 0. The lowest BCUT2D eigenvalue weighted by Gasteiger charge is -2.37. The number of nitrogens with zero attached hydrogens (tertiary/aromatic N) is 1. The predicted molar refractivity (Wildman–Crippen MR) is 129 cm³/mol. The third-order valence-corrected chi connectivity index (χ3v) is 8.30. The molecule has 0 atom stereocenters. The van der Waals surface area contributed by atoms with Crippen molar-refractivity contribution in [2.24, 2.45) is 23.7 Å². The van der Waals surface area contributed by atoms with E-state index in [9.17, 15) is 4.79 Å². The first-order valence-electron chi connectivity index (χ1n) is 12.6. The molecule has 3 rings (SSSR count). The van der Waals surface area contributed by atoms with E-state index in [1.807, 2.05) is 0 Å². The van der Waals surface area contributed by atoms with Gasteiger partial charge in [-0.25, -0.2) is 4.98 Å². The quantitative estimate of drug-likeness (QED) is 0.196. The molecule has 2 aliphatic rings. The van der Waals surface area contributed by atoms with Crippen LogP contribution in [0.4, 0.5) is 0 Å². The van der Waals surface area contributed by atoms with E-state index < -0.39 is 0 Å². The molecule has 1 heterocycles. The SMILES string of the molecule is CCCCCCCC[C@H]1CC[C@H]([C@H]2CC[C@H](C(=O)Oc3cnc(Cl)c(Cl)c3)CC2)CC1. The number of carbonyl (C=O) groups excluding carboxylic acids is 1. The van der Waals surface area contributed by atoms with Crippen molar-refractivity contribution in [3.05, 3.63) is 22.4 Å². The van der Waals surface area contributed by atoms with Gasteiger partial charge < -0.3 is 4.74 Å². The average Bonchev–Trinajstić information content (AvgIpc) is 2.79. The van der Waals surface area contributed by atoms with E-state index in [0.29, 0.717) is 10.8 Å². The Bertz CT molecular complexity index is 680. The van der Waals surface area contributed by atoms with Crippen molar-refractivity contribution in [3.63, 3.8) is 0 Å². The Labute approximate surface area is 198 Å². The van der Waals surface area contributed by atoms with Gasteiger partial charge in [-0.2, -0.15) is 0 Å². The molecule has 0 aromatic carbocycles. The van der Waals surface area contributed by atoms with Crippen LogP contribution in [-0.2, 0) is 4.79 Å². The summed E-state index contributed by atoms with van der Waals surface area (Å²) in [6.07, 6.45) is 21.2. The van der Waals surface area contributed by atoms with Gasteiger partial charge in [0.05, 0.1) is 17.1 Å². The molecule has 3 nitrogen and oxygen atoms in total. The summed E-state index contributed by atoms with van der Waals surface area (Å²) in [6.45, 7) is 2.28. The summed E-state index contributed by atoms with van der Waals surface area (Å²) in [6, 6.07) is 1.56. The fourth-order valence-electron chi connectivity index (χ4n) is 5.65. The Hall–Kier alpha value is -0.800. The highest BCUT2D eigenvalue weighted by atomic mass is 35.5. The van der Waals surface area contributed by atoms with E-state index in [4.69, 9.17) is 27.9 Å². The maximum Gasteiger partial charge on any atom is 0.314 e. The number of carbonyl (C=O) groups is 1. The van der Waals surface area contributed by atoms with Crippen molar-refractivity contribution in [2.45, 2.75) is 103 Å².